The van der Waals surface area contributed by atoms with Gasteiger partial charge in [-0.25, -0.2) is 8.98 Å². The fourth-order valence-electron chi connectivity index (χ4n) is 3.24. The van der Waals surface area contributed by atoms with Crippen molar-refractivity contribution in [2.45, 2.75) is 97.3 Å². The van der Waals surface area contributed by atoms with Gasteiger partial charge in [0.15, 0.2) is 6.10 Å². The summed E-state index contributed by atoms with van der Waals surface area (Å²) in [6.07, 6.45) is -15.2. The summed E-state index contributed by atoms with van der Waals surface area (Å²) in [6, 6.07) is -2.36. The minimum absolute atomic E-state index is 0.513. The molecule has 0 aliphatic rings. The first-order valence-corrected chi connectivity index (χ1v) is 14.2. The number of halogens is 20. The smallest absolute Gasteiger partial charge is 0.437 e. The third kappa shape index (κ3) is 8.95. The second kappa shape index (κ2) is 13.9. The lowest BCUT2D eigenvalue weighted by atomic mass is 9.87. The van der Waals surface area contributed by atoms with Crippen molar-refractivity contribution in [3.8, 4) is 0 Å². The third-order valence-corrected chi connectivity index (χ3v) is 6.86. The molecule has 0 aromatic heterocycles. The van der Waals surface area contributed by atoms with Crippen LogP contribution in [0.15, 0.2) is 0 Å². The largest absolute Gasteiger partial charge is 0.460 e. The maximum Gasteiger partial charge on any atom is 0.460 e. The van der Waals surface area contributed by atoms with Gasteiger partial charge in [-0.1, -0.05) is 34.8 Å². The first-order chi connectivity index (χ1) is 20.2. The van der Waals surface area contributed by atoms with Crippen LogP contribution in [0.1, 0.15) is 27.7 Å². The van der Waals surface area contributed by atoms with Gasteiger partial charge in [0, 0.05) is 18.6 Å². The summed E-state index contributed by atoms with van der Waals surface area (Å²) in [4.78, 5) is 12.5. The second-order valence-corrected chi connectivity index (χ2v) is 13.6. The number of carbonyl (C=O) groups excluding carboxylic acids is 1. The molecule has 0 aromatic rings. The molecule has 0 aromatic carbocycles. The molecule has 47 heavy (non-hydrogen) atoms. The molecule has 0 rings (SSSR count). The fourth-order valence-corrected chi connectivity index (χ4v) is 4.24. The third-order valence-electron chi connectivity index (χ3n) is 5.69. The number of rotatable bonds is 15. The van der Waals surface area contributed by atoms with Gasteiger partial charge in [0.05, 0.1) is 0 Å². The molecule has 1 amide bonds. The van der Waals surface area contributed by atoms with Crippen LogP contribution >= 0.6 is 34.8 Å². The Morgan fingerprint density at radius 2 is 1.00 bits per heavy atom. The van der Waals surface area contributed by atoms with Crippen molar-refractivity contribution in [1.82, 2.24) is 9.62 Å². The lowest BCUT2D eigenvalue weighted by molar-refractivity contribution is -0.464. The number of ether oxygens (including phenoxy) is 1. The van der Waals surface area contributed by atoms with E-state index in [1.807, 2.05) is 0 Å². The Balaban J connectivity index is 7.15. The molecule has 0 spiro atoms. The Morgan fingerprint density at radius 3 is 1.32 bits per heavy atom. The maximum absolute atomic E-state index is 15.1. The zero-order valence-corrected chi connectivity index (χ0v) is 26.2. The van der Waals surface area contributed by atoms with Crippen LogP contribution in [0, 0.1) is 0 Å². The van der Waals surface area contributed by atoms with E-state index >= 15 is 8.78 Å². The second-order valence-electron chi connectivity index (χ2n) is 9.78. The summed E-state index contributed by atoms with van der Waals surface area (Å²) in [7, 11) is -5.65. The predicted octanol–water partition coefficient (Wildman–Crippen LogP) is 7.84. The van der Waals surface area contributed by atoms with Crippen molar-refractivity contribution in [1.29, 1.82) is 0 Å². The molecule has 0 heterocycles. The van der Waals surface area contributed by atoms with Crippen LogP contribution < -0.4 is 4.72 Å². The number of carbonyl (C=O) groups is 1. The molecule has 0 aliphatic carbocycles. The molecule has 7 nitrogen and oxygen atoms in total. The van der Waals surface area contributed by atoms with E-state index in [0.29, 0.717) is 9.62 Å². The summed E-state index contributed by atoms with van der Waals surface area (Å²) in [5.41, 5.74) is 0. The minimum atomic E-state index is -8.89. The Morgan fingerprint density at radius 1 is 0.660 bits per heavy atom. The van der Waals surface area contributed by atoms with E-state index in [2.05, 4.69) is 8.92 Å². The number of alkyl halides is 20. The van der Waals surface area contributed by atoms with E-state index in [1.54, 1.807) is 0 Å². The van der Waals surface area contributed by atoms with Crippen molar-refractivity contribution in [3.05, 3.63) is 0 Å². The summed E-state index contributed by atoms with van der Waals surface area (Å²) in [5, 5.41) is 0. The fraction of sp³-hybridized carbons (Fsp3) is 0.947. The zero-order chi connectivity index (χ0) is 38.4. The quantitative estimate of drug-likeness (QED) is 0.134. The standard InChI is InChI=1S/C19H20Cl3F17N2O5S/c1-7(2)41(8(3)4)5-9(46-10(42)40-47(43,44)45-6-11(20,21)22)12(23,24)13(25,26)14(27,28)15(29,30)16(31,32)17(33,34)18(35,36)19(37,38)39/h7-9H,5-6H2,1-4H3,(H,40,42). The van der Waals surface area contributed by atoms with Crippen molar-refractivity contribution < 1.29 is 96.8 Å². The molecule has 0 radical (unpaired) electrons. The van der Waals surface area contributed by atoms with Gasteiger partial charge < -0.3 is 4.74 Å². The summed E-state index contributed by atoms with van der Waals surface area (Å²) < 4.78 is 263. The summed E-state index contributed by atoms with van der Waals surface area (Å²) in [5.74, 6) is -59.0. The normalized spacial score (nSPS) is 16.2. The van der Waals surface area contributed by atoms with Crippen LogP contribution in [0.2, 0.25) is 0 Å². The topological polar surface area (TPSA) is 84.9 Å². The van der Waals surface area contributed by atoms with Crippen molar-refractivity contribution in [2.75, 3.05) is 13.2 Å². The number of nitrogens with zero attached hydrogens (tertiary/aromatic N) is 1. The Labute approximate surface area is 268 Å². The average molecular weight is 818 g/mol. The number of hydrogen-bond acceptors (Lipinski definition) is 6. The molecular weight excluding hydrogens is 798 g/mol. The molecule has 0 fully saturated rings. The van der Waals surface area contributed by atoms with Gasteiger partial charge in [-0.15, -0.1) is 0 Å². The van der Waals surface area contributed by atoms with E-state index in [4.69, 9.17) is 34.8 Å². The van der Waals surface area contributed by atoms with E-state index in [9.17, 15) is 79.1 Å². The predicted molar refractivity (Wildman–Crippen MR) is 126 cm³/mol. The first kappa shape index (κ1) is 45.8. The van der Waals surface area contributed by atoms with Crippen molar-refractivity contribution in [3.63, 3.8) is 0 Å². The highest BCUT2D eigenvalue weighted by Crippen LogP contribution is 2.64. The van der Waals surface area contributed by atoms with E-state index < -0.39 is 99.2 Å². The lowest BCUT2D eigenvalue weighted by Crippen LogP contribution is -2.75. The molecule has 28 heteroatoms. The molecule has 1 unspecified atom stereocenters. The number of amides is 1. The first-order valence-electron chi connectivity index (χ1n) is 11.6. The Bertz CT molecular complexity index is 1200. The Kier molecular flexibility index (Phi) is 13.5. The van der Waals surface area contributed by atoms with Crippen molar-refractivity contribution in [2.24, 2.45) is 0 Å². The average Bonchev–Trinajstić information content (AvgIpc) is 2.82. The lowest BCUT2D eigenvalue weighted by Gasteiger charge is -2.44. The van der Waals surface area contributed by atoms with Crippen LogP contribution in [-0.4, -0.2) is 102 Å². The van der Waals surface area contributed by atoms with Crippen molar-refractivity contribution >= 4 is 51.2 Å². The molecular formula is C19H20Cl3F17N2O5S. The van der Waals surface area contributed by atoms with Gasteiger partial charge >= 0.3 is 64.0 Å². The van der Waals surface area contributed by atoms with Gasteiger partial charge in [0.2, 0.25) is 3.79 Å². The number of hydrogen-bond donors (Lipinski definition) is 1. The minimum Gasteiger partial charge on any atom is -0.437 e. The van der Waals surface area contributed by atoms with Gasteiger partial charge in [-0.05, 0) is 27.7 Å². The van der Waals surface area contributed by atoms with E-state index in [1.165, 1.54) is 0 Å². The molecule has 1 N–H and O–H groups in total. The van der Waals surface area contributed by atoms with Gasteiger partial charge in [0.25, 0.3) is 0 Å². The molecule has 0 aliphatic heterocycles. The molecule has 282 valence electrons. The summed E-state index contributed by atoms with van der Waals surface area (Å²) >= 11 is 15.5. The van der Waals surface area contributed by atoms with Crippen LogP contribution in [0.5, 0.6) is 0 Å². The van der Waals surface area contributed by atoms with Crippen LogP contribution in [-0.2, 0) is 19.2 Å². The zero-order valence-electron chi connectivity index (χ0n) is 23.1. The SMILES string of the molecule is CC(C)N(CC(OC(=O)NS(=O)(=O)OCC(Cl)(Cl)Cl)C(F)(F)C(F)(F)C(F)(F)C(F)(F)C(F)(F)C(F)(F)C(F)(F)C(F)(F)F)C(C)C. The highest BCUT2D eigenvalue weighted by molar-refractivity contribution is 7.85. The van der Waals surface area contributed by atoms with Crippen LogP contribution in [0.3, 0.4) is 0 Å². The van der Waals surface area contributed by atoms with Crippen LogP contribution in [0.4, 0.5) is 79.4 Å². The van der Waals surface area contributed by atoms with Gasteiger partial charge in [0.1, 0.15) is 6.61 Å². The molecule has 0 saturated carbocycles. The maximum atomic E-state index is 15.1. The molecule has 0 bridgehead atoms. The monoisotopic (exact) mass is 816 g/mol. The highest BCUT2D eigenvalue weighted by Gasteiger charge is 2.95. The molecule has 1 atom stereocenters. The Hall–Kier alpha value is -1.18. The number of nitrogens with one attached hydrogen (secondary N) is 1. The van der Waals surface area contributed by atoms with Crippen LogP contribution in [0.25, 0.3) is 0 Å². The highest BCUT2D eigenvalue weighted by atomic mass is 35.6. The van der Waals surface area contributed by atoms with E-state index in [-0.39, 0.29) is 0 Å². The van der Waals surface area contributed by atoms with Gasteiger partial charge in [-0.3, -0.25) is 4.90 Å². The van der Waals surface area contributed by atoms with E-state index in [0.717, 1.165) is 27.7 Å². The molecule has 0 saturated heterocycles. The van der Waals surface area contributed by atoms with Gasteiger partial charge in [-0.2, -0.15) is 87.8 Å². The summed E-state index contributed by atoms with van der Waals surface area (Å²) in [6.45, 7) is 0.702.